The van der Waals surface area contributed by atoms with Gasteiger partial charge < -0.3 is 4.90 Å². The van der Waals surface area contributed by atoms with E-state index in [1.807, 2.05) is 12.3 Å². The molecule has 0 aromatic carbocycles. The first kappa shape index (κ1) is 10.8. The van der Waals surface area contributed by atoms with Crippen LogP contribution in [0.15, 0.2) is 12.3 Å². The minimum atomic E-state index is 0.129. The Morgan fingerprint density at radius 2 is 2.07 bits per heavy atom. The summed E-state index contributed by atoms with van der Waals surface area (Å²) in [6.07, 6.45) is 8.15. The molecule has 2 nitrogen and oxygen atoms in total. The van der Waals surface area contributed by atoms with Crippen LogP contribution in [0.5, 0.6) is 0 Å². The fourth-order valence-corrected chi connectivity index (χ4v) is 1.44. The minimum absolute atomic E-state index is 0.129. The van der Waals surface area contributed by atoms with Crippen LogP contribution in [0.4, 0.5) is 0 Å². The molecule has 1 heterocycles. The summed E-state index contributed by atoms with van der Waals surface area (Å²) >= 11 is 0. The largest absolute Gasteiger partial charge is 0.377 e. The third-order valence-corrected chi connectivity index (χ3v) is 2.20. The van der Waals surface area contributed by atoms with Gasteiger partial charge in [0.15, 0.2) is 0 Å². The predicted molar refractivity (Wildman–Crippen MR) is 57.6 cm³/mol. The van der Waals surface area contributed by atoms with Crippen LogP contribution < -0.4 is 0 Å². The monoisotopic (exact) mass is 191 g/mol. The summed E-state index contributed by atoms with van der Waals surface area (Å²) in [7, 11) is 0. The molecule has 0 aromatic rings. The molecule has 0 N–H and O–H groups in total. The van der Waals surface area contributed by atoms with E-state index in [-0.39, 0.29) is 5.78 Å². The molecule has 2 heteroatoms. The predicted octanol–water partition coefficient (Wildman–Crippen LogP) is 1.97. The van der Waals surface area contributed by atoms with Crippen molar-refractivity contribution >= 4 is 5.78 Å². The molecular weight excluding hydrogens is 174 g/mol. The molecule has 0 bridgehead atoms. The van der Waals surface area contributed by atoms with Crippen LogP contribution in [0.25, 0.3) is 0 Å². The topological polar surface area (TPSA) is 20.3 Å². The van der Waals surface area contributed by atoms with Gasteiger partial charge in [0, 0.05) is 25.4 Å². The van der Waals surface area contributed by atoms with Gasteiger partial charge in [0.05, 0.1) is 6.42 Å². The number of ketones is 1. The average molecular weight is 191 g/mol. The molecule has 1 aliphatic rings. The summed E-state index contributed by atoms with van der Waals surface area (Å²) in [6, 6.07) is 0. The summed E-state index contributed by atoms with van der Waals surface area (Å²) in [5, 5.41) is 0. The van der Waals surface area contributed by atoms with E-state index in [0.29, 0.717) is 6.42 Å². The van der Waals surface area contributed by atoms with Crippen molar-refractivity contribution in [2.75, 3.05) is 13.1 Å². The highest BCUT2D eigenvalue weighted by molar-refractivity contribution is 5.78. The van der Waals surface area contributed by atoms with Crippen molar-refractivity contribution in [2.24, 2.45) is 0 Å². The highest BCUT2D eigenvalue weighted by Gasteiger charge is 2.03. The maximum Gasteiger partial charge on any atom is 0.141 e. The lowest BCUT2D eigenvalue weighted by molar-refractivity contribution is -0.116. The van der Waals surface area contributed by atoms with Crippen LogP contribution in [-0.4, -0.2) is 23.8 Å². The molecule has 1 fully saturated rings. The molecule has 0 saturated carbocycles. The van der Waals surface area contributed by atoms with Gasteiger partial charge in [-0.2, -0.15) is 0 Å². The first-order chi connectivity index (χ1) is 6.79. The van der Waals surface area contributed by atoms with Crippen LogP contribution in [0.3, 0.4) is 0 Å². The minimum Gasteiger partial charge on any atom is -0.377 e. The van der Waals surface area contributed by atoms with Crippen LogP contribution in [0, 0.1) is 11.8 Å². The van der Waals surface area contributed by atoms with Crippen molar-refractivity contribution in [3.63, 3.8) is 0 Å². The number of piperidine rings is 1. The molecule has 0 unspecified atom stereocenters. The lowest BCUT2D eigenvalue weighted by atomic mass is 10.1. The maximum atomic E-state index is 10.6. The van der Waals surface area contributed by atoms with E-state index in [1.165, 1.54) is 19.3 Å². The lowest BCUT2D eigenvalue weighted by Gasteiger charge is -2.24. The number of Topliss-reactive ketones (excluding diaryl/α,β-unsaturated/α-hetero) is 1. The van der Waals surface area contributed by atoms with Crippen molar-refractivity contribution in [3.8, 4) is 11.8 Å². The number of carbonyl (C=O) groups excluding carboxylic acids is 1. The Bertz CT molecular complexity index is 264. The van der Waals surface area contributed by atoms with Gasteiger partial charge >= 0.3 is 0 Å². The molecule has 76 valence electrons. The Kier molecular flexibility index (Phi) is 4.85. The van der Waals surface area contributed by atoms with Crippen molar-refractivity contribution in [1.29, 1.82) is 0 Å². The molecule has 1 rings (SSSR count). The van der Waals surface area contributed by atoms with E-state index < -0.39 is 0 Å². The molecule has 0 radical (unpaired) electrons. The fraction of sp³-hybridized carbons (Fsp3) is 0.583. The van der Waals surface area contributed by atoms with Crippen molar-refractivity contribution in [2.45, 2.75) is 32.6 Å². The highest BCUT2D eigenvalue weighted by atomic mass is 16.1. The fourth-order valence-electron chi connectivity index (χ4n) is 1.44. The third-order valence-electron chi connectivity index (χ3n) is 2.20. The second kappa shape index (κ2) is 6.26. The number of hydrogen-bond donors (Lipinski definition) is 0. The van der Waals surface area contributed by atoms with Crippen molar-refractivity contribution in [1.82, 2.24) is 4.90 Å². The zero-order chi connectivity index (χ0) is 10.2. The number of allylic oxidation sites excluding steroid dienone is 1. The first-order valence-electron chi connectivity index (χ1n) is 5.17. The normalized spacial score (nSPS) is 16.5. The molecule has 0 aromatic heterocycles. The molecule has 1 aliphatic heterocycles. The molecule has 14 heavy (non-hydrogen) atoms. The molecule has 0 amide bonds. The Morgan fingerprint density at radius 1 is 1.36 bits per heavy atom. The summed E-state index contributed by atoms with van der Waals surface area (Å²) in [5.74, 6) is 5.81. The van der Waals surface area contributed by atoms with Gasteiger partial charge in [-0.1, -0.05) is 11.8 Å². The van der Waals surface area contributed by atoms with Gasteiger partial charge in [-0.05, 0) is 26.2 Å². The first-order valence-corrected chi connectivity index (χ1v) is 5.17. The standard InChI is InChI=1S/C12H17NO/c1-12(14)8-4-2-5-9-13-10-6-3-7-11-13/h5,9H,3,6-8,10-11H2,1H3. The van der Waals surface area contributed by atoms with Gasteiger partial charge in [0.25, 0.3) is 0 Å². The lowest BCUT2D eigenvalue weighted by Crippen LogP contribution is -2.23. The summed E-state index contributed by atoms with van der Waals surface area (Å²) in [5.41, 5.74) is 0. The van der Waals surface area contributed by atoms with Gasteiger partial charge in [-0.15, -0.1) is 0 Å². The van der Waals surface area contributed by atoms with Crippen LogP contribution in [0.2, 0.25) is 0 Å². The second-order valence-corrected chi connectivity index (χ2v) is 3.61. The van der Waals surface area contributed by atoms with Crippen molar-refractivity contribution < 1.29 is 4.79 Å². The molecule has 0 atom stereocenters. The van der Waals surface area contributed by atoms with E-state index >= 15 is 0 Å². The summed E-state index contributed by atoms with van der Waals surface area (Å²) < 4.78 is 0. The van der Waals surface area contributed by atoms with E-state index in [2.05, 4.69) is 16.7 Å². The number of carbonyl (C=O) groups is 1. The van der Waals surface area contributed by atoms with E-state index in [9.17, 15) is 4.79 Å². The molecular formula is C12H17NO. The highest BCUT2D eigenvalue weighted by Crippen LogP contribution is 2.08. The SMILES string of the molecule is CC(=O)CC#CC=CN1CCCCC1. The van der Waals surface area contributed by atoms with Crippen LogP contribution >= 0.6 is 0 Å². The summed E-state index contributed by atoms with van der Waals surface area (Å²) in [6.45, 7) is 3.85. The number of hydrogen-bond acceptors (Lipinski definition) is 2. The van der Waals surface area contributed by atoms with Gasteiger partial charge in [0.2, 0.25) is 0 Å². The van der Waals surface area contributed by atoms with Gasteiger partial charge in [0.1, 0.15) is 5.78 Å². The average Bonchev–Trinajstić information content (AvgIpc) is 2.18. The molecule has 0 aliphatic carbocycles. The quantitative estimate of drug-likeness (QED) is 0.622. The molecule has 1 saturated heterocycles. The smallest absolute Gasteiger partial charge is 0.141 e. The zero-order valence-electron chi connectivity index (χ0n) is 8.75. The Morgan fingerprint density at radius 3 is 2.71 bits per heavy atom. The zero-order valence-corrected chi connectivity index (χ0v) is 8.75. The van der Waals surface area contributed by atoms with Gasteiger partial charge in [-0.25, -0.2) is 0 Å². The van der Waals surface area contributed by atoms with Crippen molar-refractivity contribution in [3.05, 3.63) is 12.3 Å². The van der Waals surface area contributed by atoms with Gasteiger partial charge in [-0.3, -0.25) is 4.79 Å². The van der Waals surface area contributed by atoms with Crippen LogP contribution in [-0.2, 0) is 4.79 Å². The van der Waals surface area contributed by atoms with E-state index in [1.54, 1.807) is 6.92 Å². The number of likely N-dealkylation sites (tertiary alicyclic amines) is 1. The number of rotatable bonds is 2. The van der Waals surface area contributed by atoms with E-state index in [0.717, 1.165) is 13.1 Å². The van der Waals surface area contributed by atoms with Crippen LogP contribution in [0.1, 0.15) is 32.6 Å². The Balaban J connectivity index is 2.23. The number of nitrogens with zero attached hydrogens (tertiary/aromatic N) is 1. The Hall–Kier alpha value is -1.23. The second-order valence-electron chi connectivity index (χ2n) is 3.61. The maximum absolute atomic E-state index is 10.6. The van der Waals surface area contributed by atoms with E-state index in [4.69, 9.17) is 0 Å². The summed E-state index contributed by atoms with van der Waals surface area (Å²) in [4.78, 5) is 12.9. The molecule has 0 spiro atoms. The Labute approximate surface area is 86.0 Å². The third kappa shape index (κ3) is 4.71.